The van der Waals surface area contributed by atoms with Crippen LogP contribution in [0.25, 0.3) is 0 Å². The first-order valence-corrected chi connectivity index (χ1v) is 11.7. The summed E-state index contributed by atoms with van der Waals surface area (Å²) in [4.78, 5) is 15.1. The number of carbonyl (C=O) groups excluding carboxylic acids is 1. The highest BCUT2D eigenvalue weighted by Crippen LogP contribution is 2.38. The fraction of sp³-hybridized carbons (Fsp3) is 0.409. The normalized spacial score (nSPS) is 18.4. The van der Waals surface area contributed by atoms with Crippen molar-refractivity contribution in [3.8, 4) is 11.5 Å². The average Bonchev–Trinajstić information content (AvgIpc) is 3.27. The zero-order valence-corrected chi connectivity index (χ0v) is 17.8. The van der Waals surface area contributed by atoms with E-state index in [2.05, 4.69) is 4.72 Å². The predicted octanol–water partition coefficient (Wildman–Crippen LogP) is 2.66. The standard InChI is InChI=1S/C22H26N2O5S/c1-23-30(26,27)18-8-4-16(5-9-18)6-11-22(25)24-12-2-3-19(24)17-7-10-20-21(15-17)29-14-13-28-20/h4-5,7-10,15,19,23H,2-3,6,11-14H2,1H3. The van der Waals surface area contributed by atoms with Gasteiger partial charge in [0.25, 0.3) is 0 Å². The van der Waals surface area contributed by atoms with E-state index < -0.39 is 10.0 Å². The number of rotatable bonds is 6. The molecule has 0 aromatic heterocycles. The number of ether oxygens (including phenoxy) is 2. The number of hydrogen-bond acceptors (Lipinski definition) is 5. The first-order chi connectivity index (χ1) is 14.5. The lowest BCUT2D eigenvalue weighted by Gasteiger charge is -2.27. The summed E-state index contributed by atoms with van der Waals surface area (Å²) in [5.41, 5.74) is 2.01. The van der Waals surface area contributed by atoms with Crippen LogP contribution in [0, 0.1) is 0 Å². The van der Waals surface area contributed by atoms with Crippen molar-refractivity contribution in [2.45, 2.75) is 36.6 Å². The minimum Gasteiger partial charge on any atom is -0.486 e. The van der Waals surface area contributed by atoms with Gasteiger partial charge in [0.2, 0.25) is 15.9 Å². The second kappa shape index (κ2) is 8.65. The molecule has 7 nitrogen and oxygen atoms in total. The fourth-order valence-electron chi connectivity index (χ4n) is 4.03. The van der Waals surface area contributed by atoms with Crippen LogP contribution >= 0.6 is 0 Å². The van der Waals surface area contributed by atoms with Gasteiger partial charge < -0.3 is 14.4 Å². The SMILES string of the molecule is CNS(=O)(=O)c1ccc(CCC(=O)N2CCCC2c2ccc3c(c2)OCCO3)cc1. The molecule has 2 heterocycles. The maximum atomic E-state index is 12.9. The summed E-state index contributed by atoms with van der Waals surface area (Å²) in [6.07, 6.45) is 2.87. The van der Waals surface area contributed by atoms with E-state index in [-0.39, 0.29) is 16.8 Å². The Hall–Kier alpha value is -2.58. The van der Waals surface area contributed by atoms with Gasteiger partial charge in [-0.15, -0.1) is 0 Å². The molecule has 0 radical (unpaired) electrons. The van der Waals surface area contributed by atoms with E-state index in [0.717, 1.165) is 42.0 Å². The summed E-state index contributed by atoms with van der Waals surface area (Å²) in [5, 5.41) is 0. The molecule has 2 aromatic rings. The Balaban J connectivity index is 1.40. The number of aryl methyl sites for hydroxylation is 1. The number of nitrogens with one attached hydrogen (secondary N) is 1. The van der Waals surface area contributed by atoms with Crippen LogP contribution in [0.5, 0.6) is 11.5 Å². The minimum atomic E-state index is -3.45. The van der Waals surface area contributed by atoms with Gasteiger partial charge in [0.15, 0.2) is 11.5 Å². The topological polar surface area (TPSA) is 84.9 Å². The van der Waals surface area contributed by atoms with Crippen molar-refractivity contribution < 1.29 is 22.7 Å². The summed E-state index contributed by atoms with van der Waals surface area (Å²) in [6.45, 7) is 1.84. The molecule has 0 aliphatic carbocycles. The quantitative estimate of drug-likeness (QED) is 0.762. The third-order valence-electron chi connectivity index (χ3n) is 5.65. The Morgan fingerprint density at radius 3 is 2.57 bits per heavy atom. The summed E-state index contributed by atoms with van der Waals surface area (Å²) < 4.78 is 37.2. The number of fused-ring (bicyclic) bond motifs is 1. The number of carbonyl (C=O) groups is 1. The average molecular weight is 431 g/mol. The van der Waals surface area contributed by atoms with Gasteiger partial charge in [-0.05, 0) is 61.7 Å². The van der Waals surface area contributed by atoms with Crippen molar-refractivity contribution in [2.24, 2.45) is 0 Å². The summed E-state index contributed by atoms with van der Waals surface area (Å²) in [6, 6.07) is 12.7. The molecule has 1 saturated heterocycles. The first kappa shape index (κ1) is 20.7. The van der Waals surface area contributed by atoms with Crippen LogP contribution in [-0.4, -0.2) is 46.0 Å². The van der Waals surface area contributed by atoms with E-state index in [1.807, 2.05) is 23.1 Å². The van der Waals surface area contributed by atoms with Crippen LogP contribution in [0.3, 0.4) is 0 Å². The third-order valence-corrected chi connectivity index (χ3v) is 7.08. The highest BCUT2D eigenvalue weighted by atomic mass is 32.2. The number of nitrogens with zero attached hydrogens (tertiary/aromatic N) is 1. The van der Waals surface area contributed by atoms with Gasteiger partial charge in [-0.1, -0.05) is 18.2 Å². The second-order valence-corrected chi connectivity index (χ2v) is 9.39. The molecule has 0 bridgehead atoms. The van der Waals surface area contributed by atoms with Gasteiger partial charge in [0.05, 0.1) is 10.9 Å². The van der Waals surface area contributed by atoms with Crippen LogP contribution in [0.1, 0.15) is 36.4 Å². The molecule has 30 heavy (non-hydrogen) atoms. The van der Waals surface area contributed by atoms with E-state index >= 15 is 0 Å². The molecule has 2 aromatic carbocycles. The number of hydrogen-bond donors (Lipinski definition) is 1. The van der Waals surface area contributed by atoms with E-state index in [4.69, 9.17) is 9.47 Å². The maximum Gasteiger partial charge on any atom is 0.240 e. The fourth-order valence-corrected chi connectivity index (χ4v) is 4.76. The van der Waals surface area contributed by atoms with Crippen LogP contribution in [0.2, 0.25) is 0 Å². The number of amides is 1. The van der Waals surface area contributed by atoms with Gasteiger partial charge >= 0.3 is 0 Å². The predicted molar refractivity (Wildman–Crippen MR) is 112 cm³/mol. The van der Waals surface area contributed by atoms with Crippen molar-refractivity contribution in [2.75, 3.05) is 26.8 Å². The Morgan fingerprint density at radius 1 is 1.10 bits per heavy atom. The smallest absolute Gasteiger partial charge is 0.240 e. The molecular weight excluding hydrogens is 404 g/mol. The molecule has 8 heteroatoms. The Bertz CT molecular complexity index is 1020. The summed E-state index contributed by atoms with van der Waals surface area (Å²) in [7, 11) is -2.06. The molecule has 1 atom stereocenters. The Kier molecular flexibility index (Phi) is 5.97. The van der Waals surface area contributed by atoms with Crippen molar-refractivity contribution in [1.29, 1.82) is 0 Å². The van der Waals surface area contributed by atoms with Crippen LogP contribution < -0.4 is 14.2 Å². The molecule has 2 aliphatic rings. The molecular formula is C22H26N2O5S. The molecule has 0 spiro atoms. The van der Waals surface area contributed by atoms with Gasteiger partial charge in [-0.25, -0.2) is 13.1 Å². The highest BCUT2D eigenvalue weighted by Gasteiger charge is 2.30. The van der Waals surface area contributed by atoms with Gasteiger partial charge in [-0.3, -0.25) is 4.79 Å². The molecule has 0 saturated carbocycles. The number of benzene rings is 2. The lowest BCUT2D eigenvalue weighted by Crippen LogP contribution is -2.30. The van der Waals surface area contributed by atoms with Crippen LogP contribution in [0.4, 0.5) is 0 Å². The molecule has 4 rings (SSSR count). The van der Waals surface area contributed by atoms with E-state index in [1.54, 1.807) is 24.3 Å². The zero-order valence-electron chi connectivity index (χ0n) is 17.0. The van der Waals surface area contributed by atoms with Crippen molar-refractivity contribution in [3.05, 3.63) is 53.6 Å². The molecule has 1 fully saturated rings. The lowest BCUT2D eigenvalue weighted by molar-refractivity contribution is -0.132. The summed E-state index contributed by atoms with van der Waals surface area (Å²) >= 11 is 0. The van der Waals surface area contributed by atoms with E-state index in [9.17, 15) is 13.2 Å². The highest BCUT2D eigenvalue weighted by molar-refractivity contribution is 7.89. The Morgan fingerprint density at radius 2 is 1.83 bits per heavy atom. The minimum absolute atomic E-state index is 0.0523. The third kappa shape index (κ3) is 4.29. The Labute approximate surface area is 177 Å². The molecule has 1 amide bonds. The largest absolute Gasteiger partial charge is 0.486 e. The molecule has 1 unspecified atom stereocenters. The first-order valence-electron chi connectivity index (χ1n) is 10.2. The summed E-state index contributed by atoms with van der Waals surface area (Å²) in [5.74, 6) is 1.61. The molecule has 2 aliphatic heterocycles. The van der Waals surface area contributed by atoms with Gasteiger partial charge in [0.1, 0.15) is 13.2 Å². The van der Waals surface area contributed by atoms with Crippen molar-refractivity contribution >= 4 is 15.9 Å². The van der Waals surface area contributed by atoms with E-state index in [1.165, 1.54) is 7.05 Å². The van der Waals surface area contributed by atoms with E-state index in [0.29, 0.717) is 26.1 Å². The van der Waals surface area contributed by atoms with Gasteiger partial charge in [0, 0.05) is 13.0 Å². The van der Waals surface area contributed by atoms with Crippen molar-refractivity contribution in [1.82, 2.24) is 9.62 Å². The zero-order chi connectivity index (χ0) is 21.1. The number of likely N-dealkylation sites (tertiary alicyclic amines) is 1. The van der Waals surface area contributed by atoms with Crippen molar-refractivity contribution in [3.63, 3.8) is 0 Å². The van der Waals surface area contributed by atoms with Gasteiger partial charge in [-0.2, -0.15) is 0 Å². The molecule has 1 N–H and O–H groups in total. The monoisotopic (exact) mass is 430 g/mol. The van der Waals surface area contributed by atoms with Crippen LogP contribution in [0.15, 0.2) is 47.4 Å². The lowest BCUT2D eigenvalue weighted by atomic mass is 10.0. The number of sulfonamides is 1. The van der Waals surface area contributed by atoms with Crippen LogP contribution in [-0.2, 0) is 21.2 Å². The molecule has 160 valence electrons. The maximum absolute atomic E-state index is 12.9. The second-order valence-electron chi connectivity index (χ2n) is 7.50.